The first-order valence-corrected chi connectivity index (χ1v) is 7.36. The summed E-state index contributed by atoms with van der Waals surface area (Å²) in [6.07, 6.45) is 4.67. The summed E-state index contributed by atoms with van der Waals surface area (Å²) in [6.45, 7) is 5.17. The van der Waals surface area contributed by atoms with Crippen molar-refractivity contribution in [2.75, 3.05) is 6.54 Å². The zero-order valence-corrected chi connectivity index (χ0v) is 11.5. The van der Waals surface area contributed by atoms with Gasteiger partial charge in [-0.25, -0.2) is 4.98 Å². The fourth-order valence-corrected chi connectivity index (χ4v) is 3.50. The summed E-state index contributed by atoms with van der Waals surface area (Å²) in [5, 5.41) is 17.2. The molecule has 0 saturated heterocycles. The lowest BCUT2D eigenvalue weighted by Crippen LogP contribution is -2.42. The van der Waals surface area contributed by atoms with Gasteiger partial charge in [-0.05, 0) is 39.2 Å². The molecular weight excluding hydrogens is 232 g/mol. The van der Waals surface area contributed by atoms with E-state index in [-0.39, 0.29) is 0 Å². The summed E-state index contributed by atoms with van der Waals surface area (Å²) in [7, 11) is 0. The van der Waals surface area contributed by atoms with Crippen molar-refractivity contribution < 1.29 is 5.11 Å². The first-order chi connectivity index (χ1) is 8.11. The molecule has 96 valence electrons. The molecule has 1 heterocycles. The molecule has 3 nitrogen and oxygen atoms in total. The zero-order chi connectivity index (χ0) is 12.3. The number of hydrogen-bond acceptors (Lipinski definition) is 4. The number of aliphatic hydroxyl groups is 1. The van der Waals surface area contributed by atoms with Gasteiger partial charge in [-0.2, -0.15) is 0 Å². The van der Waals surface area contributed by atoms with E-state index in [0.717, 1.165) is 49.4 Å². The van der Waals surface area contributed by atoms with Crippen LogP contribution >= 0.6 is 11.3 Å². The van der Waals surface area contributed by atoms with E-state index in [1.54, 1.807) is 11.3 Å². The van der Waals surface area contributed by atoms with E-state index in [1.165, 1.54) is 0 Å². The Morgan fingerprint density at radius 1 is 1.53 bits per heavy atom. The molecule has 1 aromatic rings. The summed E-state index contributed by atoms with van der Waals surface area (Å²) in [6, 6.07) is 0.596. The molecule has 0 unspecified atom stereocenters. The Bertz CT molecular complexity index is 356. The smallest absolute Gasteiger partial charge is 0.0956 e. The van der Waals surface area contributed by atoms with Crippen LogP contribution in [0.1, 0.15) is 43.3 Å². The Morgan fingerprint density at radius 3 is 2.76 bits per heavy atom. The van der Waals surface area contributed by atoms with Crippen LogP contribution in [0.4, 0.5) is 0 Å². The van der Waals surface area contributed by atoms with Gasteiger partial charge in [-0.1, -0.05) is 6.92 Å². The number of aromatic nitrogens is 1. The van der Waals surface area contributed by atoms with Gasteiger partial charge in [-0.3, -0.25) is 0 Å². The van der Waals surface area contributed by atoms with E-state index in [2.05, 4.69) is 22.6 Å². The highest BCUT2D eigenvalue weighted by molar-refractivity contribution is 7.09. The van der Waals surface area contributed by atoms with Crippen molar-refractivity contribution in [3.05, 3.63) is 16.1 Å². The van der Waals surface area contributed by atoms with Gasteiger partial charge in [0.2, 0.25) is 0 Å². The average Bonchev–Trinajstić information content (AvgIpc) is 2.68. The van der Waals surface area contributed by atoms with Crippen LogP contribution in [-0.2, 0) is 6.42 Å². The first-order valence-electron chi connectivity index (χ1n) is 6.48. The number of rotatable bonds is 4. The lowest BCUT2D eigenvalue weighted by molar-refractivity contribution is -0.00299. The topological polar surface area (TPSA) is 45.1 Å². The quantitative estimate of drug-likeness (QED) is 0.866. The predicted octanol–water partition coefficient (Wildman–Crippen LogP) is 2.28. The van der Waals surface area contributed by atoms with E-state index in [4.69, 9.17) is 0 Å². The highest BCUT2D eigenvalue weighted by Crippen LogP contribution is 2.32. The number of nitrogens with one attached hydrogen (secondary N) is 1. The molecule has 0 spiro atoms. The van der Waals surface area contributed by atoms with Crippen LogP contribution in [-0.4, -0.2) is 28.3 Å². The molecule has 0 aromatic carbocycles. The summed E-state index contributed by atoms with van der Waals surface area (Å²) < 4.78 is 0. The summed E-state index contributed by atoms with van der Waals surface area (Å²) in [4.78, 5) is 4.45. The lowest BCUT2D eigenvalue weighted by Gasteiger charge is -2.35. The Hall–Kier alpha value is -0.450. The molecule has 0 amide bonds. The van der Waals surface area contributed by atoms with Gasteiger partial charge < -0.3 is 10.4 Å². The highest BCUT2D eigenvalue weighted by atomic mass is 32.1. The van der Waals surface area contributed by atoms with E-state index >= 15 is 0 Å². The van der Waals surface area contributed by atoms with Crippen molar-refractivity contribution in [2.24, 2.45) is 0 Å². The predicted molar refractivity (Wildman–Crippen MR) is 71.4 cm³/mol. The second-order valence-corrected chi connectivity index (χ2v) is 6.06. The Balaban J connectivity index is 1.89. The minimum atomic E-state index is -0.518. The minimum Gasteiger partial charge on any atom is -0.389 e. The number of hydrogen-bond donors (Lipinski definition) is 2. The average molecular weight is 254 g/mol. The standard InChI is InChI=1S/C13H22N2OS/c1-3-14-11-4-6-13(16,7-5-11)8-12-15-10(2)9-17-12/h9,11,14,16H,3-8H2,1-2H3. The number of thiazole rings is 1. The molecule has 1 fully saturated rings. The molecule has 2 rings (SSSR count). The summed E-state index contributed by atoms with van der Waals surface area (Å²) in [5.41, 5.74) is 0.547. The van der Waals surface area contributed by atoms with Gasteiger partial charge in [0.05, 0.1) is 10.6 Å². The van der Waals surface area contributed by atoms with Crippen molar-refractivity contribution in [3.63, 3.8) is 0 Å². The van der Waals surface area contributed by atoms with E-state index in [0.29, 0.717) is 6.04 Å². The van der Waals surface area contributed by atoms with Crippen LogP contribution in [0.25, 0.3) is 0 Å². The molecule has 2 N–H and O–H groups in total. The summed E-state index contributed by atoms with van der Waals surface area (Å²) >= 11 is 1.67. The third kappa shape index (κ3) is 3.50. The van der Waals surface area contributed by atoms with Crippen molar-refractivity contribution in [3.8, 4) is 0 Å². The van der Waals surface area contributed by atoms with Crippen LogP contribution in [0.5, 0.6) is 0 Å². The third-order valence-corrected chi connectivity index (χ3v) is 4.52. The fourth-order valence-electron chi connectivity index (χ4n) is 2.59. The van der Waals surface area contributed by atoms with Gasteiger partial charge in [0, 0.05) is 23.5 Å². The van der Waals surface area contributed by atoms with Crippen LogP contribution < -0.4 is 5.32 Å². The molecule has 0 radical (unpaired) electrons. The number of aryl methyl sites for hydroxylation is 1. The Morgan fingerprint density at radius 2 is 2.24 bits per heavy atom. The van der Waals surface area contributed by atoms with Gasteiger partial charge in [0.25, 0.3) is 0 Å². The molecular formula is C13H22N2OS. The fraction of sp³-hybridized carbons (Fsp3) is 0.769. The third-order valence-electron chi connectivity index (χ3n) is 3.56. The maximum absolute atomic E-state index is 10.6. The molecule has 1 aliphatic rings. The minimum absolute atomic E-state index is 0.518. The molecule has 0 atom stereocenters. The maximum atomic E-state index is 10.6. The zero-order valence-electron chi connectivity index (χ0n) is 10.7. The summed E-state index contributed by atoms with van der Waals surface area (Å²) in [5.74, 6) is 0. The van der Waals surface area contributed by atoms with Crippen LogP contribution in [0.2, 0.25) is 0 Å². The van der Waals surface area contributed by atoms with Crippen LogP contribution in [0, 0.1) is 6.92 Å². The van der Waals surface area contributed by atoms with Crippen molar-refractivity contribution in [1.82, 2.24) is 10.3 Å². The molecule has 0 bridgehead atoms. The Kier molecular flexibility index (Phi) is 4.17. The maximum Gasteiger partial charge on any atom is 0.0956 e. The van der Waals surface area contributed by atoms with Crippen molar-refractivity contribution in [1.29, 1.82) is 0 Å². The highest BCUT2D eigenvalue weighted by Gasteiger charge is 2.33. The molecule has 0 aliphatic heterocycles. The monoisotopic (exact) mass is 254 g/mol. The molecule has 1 saturated carbocycles. The largest absolute Gasteiger partial charge is 0.389 e. The van der Waals surface area contributed by atoms with Crippen LogP contribution in [0.3, 0.4) is 0 Å². The van der Waals surface area contributed by atoms with E-state index in [1.807, 2.05) is 6.92 Å². The molecule has 1 aromatic heterocycles. The molecule has 1 aliphatic carbocycles. The van der Waals surface area contributed by atoms with E-state index < -0.39 is 5.60 Å². The SMILES string of the molecule is CCNC1CCC(O)(Cc2nc(C)cs2)CC1. The second kappa shape index (κ2) is 5.46. The lowest BCUT2D eigenvalue weighted by atomic mass is 9.80. The van der Waals surface area contributed by atoms with Gasteiger partial charge in [-0.15, -0.1) is 11.3 Å². The van der Waals surface area contributed by atoms with Gasteiger partial charge >= 0.3 is 0 Å². The number of nitrogens with zero attached hydrogens (tertiary/aromatic N) is 1. The first kappa shape index (κ1) is 13.0. The second-order valence-electron chi connectivity index (χ2n) is 5.12. The van der Waals surface area contributed by atoms with E-state index in [9.17, 15) is 5.11 Å². The molecule has 4 heteroatoms. The van der Waals surface area contributed by atoms with Crippen LogP contribution in [0.15, 0.2) is 5.38 Å². The normalized spacial score (nSPS) is 29.5. The Labute approximate surface area is 107 Å². The van der Waals surface area contributed by atoms with Gasteiger partial charge in [0.15, 0.2) is 0 Å². The van der Waals surface area contributed by atoms with Crippen molar-refractivity contribution >= 4 is 11.3 Å². The molecule has 17 heavy (non-hydrogen) atoms. The van der Waals surface area contributed by atoms with Crippen molar-refractivity contribution in [2.45, 2.75) is 57.6 Å². The van der Waals surface area contributed by atoms with Gasteiger partial charge in [0.1, 0.15) is 0 Å².